The van der Waals surface area contributed by atoms with Crippen LogP contribution in [0.2, 0.25) is 0 Å². The molecule has 0 aliphatic carbocycles. The molecule has 90 valence electrons. The molecule has 0 radical (unpaired) electrons. The molecule has 0 spiro atoms. The van der Waals surface area contributed by atoms with Crippen LogP contribution in [0.5, 0.6) is 5.75 Å². The molecule has 0 saturated carbocycles. The van der Waals surface area contributed by atoms with Crippen LogP contribution >= 0.6 is 0 Å². The second-order valence-electron chi connectivity index (χ2n) is 4.61. The van der Waals surface area contributed by atoms with Crippen molar-refractivity contribution in [3.8, 4) is 5.75 Å². The van der Waals surface area contributed by atoms with E-state index >= 15 is 0 Å². The van der Waals surface area contributed by atoms with Crippen molar-refractivity contribution >= 4 is 0 Å². The Morgan fingerprint density at radius 2 is 1.75 bits per heavy atom. The van der Waals surface area contributed by atoms with E-state index in [1.54, 1.807) is 7.11 Å². The van der Waals surface area contributed by atoms with Crippen LogP contribution in [-0.4, -0.2) is 12.2 Å². The molecular weight excluding hydrogens is 200 g/mol. The van der Waals surface area contributed by atoms with Gasteiger partial charge in [-0.25, -0.2) is 0 Å². The molecule has 0 aliphatic heterocycles. The summed E-state index contributed by atoms with van der Waals surface area (Å²) in [6.07, 6.45) is 2.74. The highest BCUT2D eigenvalue weighted by Crippen LogP contribution is 2.22. The Labute approximate surface area is 98.3 Å². The summed E-state index contributed by atoms with van der Waals surface area (Å²) in [5.74, 6) is 1.54. The molecule has 1 atom stereocenters. The van der Waals surface area contributed by atoms with E-state index in [-0.39, 0.29) is 6.10 Å². The Hall–Kier alpha value is -1.02. The second kappa shape index (κ2) is 6.54. The number of rotatable bonds is 6. The fourth-order valence-corrected chi connectivity index (χ4v) is 1.71. The first-order chi connectivity index (χ1) is 7.63. The van der Waals surface area contributed by atoms with Gasteiger partial charge in [-0.15, -0.1) is 0 Å². The predicted octanol–water partition coefficient (Wildman–Crippen LogP) is 3.55. The summed E-state index contributed by atoms with van der Waals surface area (Å²) in [6.45, 7) is 4.42. The van der Waals surface area contributed by atoms with Crippen LogP contribution in [0.25, 0.3) is 0 Å². The van der Waals surface area contributed by atoms with Gasteiger partial charge < -0.3 is 9.84 Å². The topological polar surface area (TPSA) is 29.5 Å². The molecule has 0 aliphatic rings. The lowest BCUT2D eigenvalue weighted by atomic mass is 10.0. The first-order valence-electron chi connectivity index (χ1n) is 5.95. The van der Waals surface area contributed by atoms with Gasteiger partial charge in [0.25, 0.3) is 0 Å². The Balaban J connectivity index is 2.43. The molecule has 1 rings (SSSR count). The quantitative estimate of drug-likeness (QED) is 0.797. The number of ether oxygens (including phenoxy) is 1. The lowest BCUT2D eigenvalue weighted by Crippen LogP contribution is -1.98. The van der Waals surface area contributed by atoms with Crippen molar-refractivity contribution in [1.82, 2.24) is 0 Å². The molecular formula is C14H22O2. The van der Waals surface area contributed by atoms with Gasteiger partial charge in [-0.3, -0.25) is 0 Å². The summed E-state index contributed by atoms with van der Waals surface area (Å²) >= 11 is 0. The van der Waals surface area contributed by atoms with Crippen molar-refractivity contribution in [2.45, 2.75) is 39.2 Å². The van der Waals surface area contributed by atoms with Gasteiger partial charge in [-0.1, -0.05) is 38.8 Å². The van der Waals surface area contributed by atoms with Crippen LogP contribution < -0.4 is 4.74 Å². The van der Waals surface area contributed by atoms with E-state index in [1.165, 1.54) is 6.42 Å². The van der Waals surface area contributed by atoms with Gasteiger partial charge in [0.05, 0.1) is 13.2 Å². The summed E-state index contributed by atoms with van der Waals surface area (Å²) < 4.78 is 5.08. The highest BCUT2D eigenvalue weighted by molar-refractivity contribution is 5.28. The van der Waals surface area contributed by atoms with Gasteiger partial charge in [0.2, 0.25) is 0 Å². The van der Waals surface area contributed by atoms with E-state index in [0.29, 0.717) is 5.92 Å². The molecule has 0 fully saturated rings. The lowest BCUT2D eigenvalue weighted by Gasteiger charge is -2.12. The van der Waals surface area contributed by atoms with E-state index in [1.807, 2.05) is 24.3 Å². The van der Waals surface area contributed by atoms with Crippen molar-refractivity contribution in [2.75, 3.05) is 7.11 Å². The van der Waals surface area contributed by atoms with E-state index in [4.69, 9.17) is 4.74 Å². The molecule has 0 bridgehead atoms. The lowest BCUT2D eigenvalue weighted by molar-refractivity contribution is 0.162. The minimum absolute atomic E-state index is 0.343. The molecule has 0 heterocycles. The highest BCUT2D eigenvalue weighted by atomic mass is 16.5. The average Bonchev–Trinajstić information content (AvgIpc) is 2.28. The number of hydrogen-bond acceptors (Lipinski definition) is 2. The van der Waals surface area contributed by atoms with Crippen LogP contribution in [0, 0.1) is 5.92 Å². The summed E-state index contributed by atoms with van der Waals surface area (Å²) in [5, 5.41) is 9.96. The molecule has 1 aromatic rings. The molecule has 1 unspecified atom stereocenters. The van der Waals surface area contributed by atoms with Gasteiger partial charge in [-0.2, -0.15) is 0 Å². The molecule has 0 aromatic heterocycles. The first-order valence-corrected chi connectivity index (χ1v) is 5.95. The number of hydrogen-bond donors (Lipinski definition) is 1. The number of benzene rings is 1. The van der Waals surface area contributed by atoms with Crippen molar-refractivity contribution in [3.05, 3.63) is 29.8 Å². The van der Waals surface area contributed by atoms with E-state index in [9.17, 15) is 5.11 Å². The summed E-state index contributed by atoms with van der Waals surface area (Å²) in [5.41, 5.74) is 0.976. The molecule has 0 amide bonds. The number of aliphatic hydroxyl groups excluding tert-OH is 1. The van der Waals surface area contributed by atoms with E-state index in [2.05, 4.69) is 13.8 Å². The fraction of sp³-hybridized carbons (Fsp3) is 0.571. The van der Waals surface area contributed by atoms with Crippen LogP contribution in [0.15, 0.2) is 24.3 Å². The Morgan fingerprint density at radius 3 is 2.25 bits per heavy atom. The number of methoxy groups -OCH3 is 1. The monoisotopic (exact) mass is 222 g/mol. The minimum atomic E-state index is -0.343. The summed E-state index contributed by atoms with van der Waals surface area (Å²) in [4.78, 5) is 0. The van der Waals surface area contributed by atoms with Crippen molar-refractivity contribution in [2.24, 2.45) is 5.92 Å². The largest absolute Gasteiger partial charge is 0.497 e. The van der Waals surface area contributed by atoms with Crippen LogP contribution in [0.1, 0.15) is 44.8 Å². The molecule has 2 heteroatoms. The molecule has 1 N–H and O–H groups in total. The van der Waals surface area contributed by atoms with Crippen LogP contribution in [0.3, 0.4) is 0 Å². The van der Waals surface area contributed by atoms with Crippen LogP contribution in [0.4, 0.5) is 0 Å². The second-order valence-corrected chi connectivity index (χ2v) is 4.61. The SMILES string of the molecule is COc1ccc(C(O)CCCC(C)C)cc1. The van der Waals surface area contributed by atoms with Gasteiger partial charge >= 0.3 is 0 Å². The average molecular weight is 222 g/mol. The van der Waals surface area contributed by atoms with Crippen molar-refractivity contribution in [1.29, 1.82) is 0 Å². The smallest absolute Gasteiger partial charge is 0.118 e. The Kier molecular flexibility index (Phi) is 5.33. The maximum atomic E-state index is 9.96. The molecule has 0 saturated heterocycles. The third kappa shape index (κ3) is 4.23. The van der Waals surface area contributed by atoms with Gasteiger partial charge in [-0.05, 0) is 30.0 Å². The highest BCUT2D eigenvalue weighted by Gasteiger charge is 2.07. The Morgan fingerprint density at radius 1 is 1.12 bits per heavy atom. The van der Waals surface area contributed by atoms with Crippen molar-refractivity contribution < 1.29 is 9.84 Å². The predicted molar refractivity (Wildman–Crippen MR) is 66.6 cm³/mol. The third-order valence-electron chi connectivity index (χ3n) is 2.76. The normalized spacial score (nSPS) is 12.8. The molecule has 1 aromatic carbocycles. The van der Waals surface area contributed by atoms with E-state index in [0.717, 1.165) is 24.2 Å². The fourth-order valence-electron chi connectivity index (χ4n) is 1.71. The van der Waals surface area contributed by atoms with Crippen LogP contribution in [-0.2, 0) is 0 Å². The minimum Gasteiger partial charge on any atom is -0.497 e. The van der Waals surface area contributed by atoms with Gasteiger partial charge in [0.15, 0.2) is 0 Å². The molecule has 16 heavy (non-hydrogen) atoms. The maximum absolute atomic E-state index is 9.96. The Bertz CT molecular complexity index is 290. The summed E-state index contributed by atoms with van der Waals surface area (Å²) in [6, 6.07) is 7.64. The summed E-state index contributed by atoms with van der Waals surface area (Å²) in [7, 11) is 1.65. The van der Waals surface area contributed by atoms with Gasteiger partial charge in [0.1, 0.15) is 5.75 Å². The van der Waals surface area contributed by atoms with Gasteiger partial charge in [0, 0.05) is 0 Å². The maximum Gasteiger partial charge on any atom is 0.118 e. The third-order valence-corrected chi connectivity index (χ3v) is 2.76. The first kappa shape index (κ1) is 13.0. The standard InChI is InChI=1S/C14H22O2/c1-11(2)5-4-6-14(15)12-7-9-13(16-3)10-8-12/h7-11,14-15H,4-6H2,1-3H3. The zero-order chi connectivity index (χ0) is 12.0. The molecule has 2 nitrogen and oxygen atoms in total. The number of aliphatic hydroxyl groups is 1. The van der Waals surface area contributed by atoms with E-state index < -0.39 is 0 Å². The van der Waals surface area contributed by atoms with Crippen molar-refractivity contribution in [3.63, 3.8) is 0 Å². The zero-order valence-corrected chi connectivity index (χ0v) is 10.4. The zero-order valence-electron chi connectivity index (χ0n) is 10.4.